The van der Waals surface area contributed by atoms with Crippen molar-refractivity contribution in [1.29, 1.82) is 0 Å². The van der Waals surface area contributed by atoms with E-state index >= 15 is 0 Å². The van der Waals surface area contributed by atoms with E-state index in [0.717, 1.165) is 37.2 Å². The average Bonchev–Trinajstić information content (AvgIpc) is 2.69. The molecule has 1 aromatic carbocycles. The van der Waals surface area contributed by atoms with Crippen molar-refractivity contribution in [3.05, 3.63) is 34.9 Å². The molecule has 2 aliphatic rings. The SMILES string of the molecule is CCCC1CCC(c2cc(F)c(C#CC3CCC(OC(F)F)CC3)c(F)c2)CC1. The third-order valence-electron chi connectivity index (χ3n) is 6.45. The van der Waals surface area contributed by atoms with Crippen LogP contribution in [0.15, 0.2) is 12.1 Å². The maximum atomic E-state index is 14.6. The highest BCUT2D eigenvalue weighted by Crippen LogP contribution is 2.38. The van der Waals surface area contributed by atoms with Crippen LogP contribution >= 0.6 is 0 Å². The molecule has 0 heterocycles. The molecule has 0 aliphatic heterocycles. The van der Waals surface area contributed by atoms with Crippen LogP contribution < -0.4 is 0 Å². The van der Waals surface area contributed by atoms with Crippen LogP contribution in [-0.2, 0) is 4.74 Å². The Kier molecular flexibility index (Phi) is 8.00. The van der Waals surface area contributed by atoms with Crippen LogP contribution in [0.3, 0.4) is 0 Å². The van der Waals surface area contributed by atoms with Crippen LogP contribution in [0.5, 0.6) is 0 Å². The molecule has 1 nitrogen and oxygen atoms in total. The Labute approximate surface area is 171 Å². The lowest BCUT2D eigenvalue weighted by atomic mass is 9.77. The molecule has 0 bridgehead atoms. The monoisotopic (exact) mass is 410 g/mol. The molecule has 3 rings (SSSR count). The van der Waals surface area contributed by atoms with Gasteiger partial charge in [-0.05, 0) is 80.9 Å². The van der Waals surface area contributed by atoms with Crippen molar-refractivity contribution in [3.8, 4) is 11.8 Å². The van der Waals surface area contributed by atoms with Gasteiger partial charge in [-0.1, -0.05) is 31.6 Å². The van der Waals surface area contributed by atoms with Gasteiger partial charge in [-0.2, -0.15) is 8.78 Å². The first kappa shape index (κ1) is 22.2. The van der Waals surface area contributed by atoms with E-state index in [4.69, 9.17) is 0 Å². The summed E-state index contributed by atoms with van der Waals surface area (Å²) in [5.74, 6) is 5.34. The van der Waals surface area contributed by atoms with Crippen LogP contribution in [0.25, 0.3) is 0 Å². The van der Waals surface area contributed by atoms with Crippen LogP contribution in [0.4, 0.5) is 17.6 Å². The van der Waals surface area contributed by atoms with E-state index < -0.39 is 24.3 Å². The Hall–Kier alpha value is -1.54. The highest BCUT2D eigenvalue weighted by molar-refractivity contribution is 5.40. The van der Waals surface area contributed by atoms with Gasteiger partial charge in [0.25, 0.3) is 0 Å². The lowest BCUT2D eigenvalue weighted by molar-refractivity contribution is -0.170. The summed E-state index contributed by atoms with van der Waals surface area (Å²) in [4.78, 5) is 0. The molecule has 0 N–H and O–H groups in total. The third kappa shape index (κ3) is 6.22. The Morgan fingerprint density at radius 2 is 1.59 bits per heavy atom. The number of halogens is 4. The molecule has 0 amide bonds. The number of benzene rings is 1. The Morgan fingerprint density at radius 1 is 0.966 bits per heavy atom. The zero-order valence-corrected chi connectivity index (χ0v) is 17.0. The summed E-state index contributed by atoms with van der Waals surface area (Å²) >= 11 is 0. The summed E-state index contributed by atoms with van der Waals surface area (Å²) in [5.41, 5.74) is 0.560. The van der Waals surface area contributed by atoms with Gasteiger partial charge in [-0.3, -0.25) is 0 Å². The summed E-state index contributed by atoms with van der Waals surface area (Å²) in [6, 6.07) is 2.90. The third-order valence-corrected chi connectivity index (χ3v) is 6.45. The number of hydrogen-bond donors (Lipinski definition) is 0. The van der Waals surface area contributed by atoms with Gasteiger partial charge in [0.2, 0.25) is 0 Å². The molecule has 2 saturated carbocycles. The van der Waals surface area contributed by atoms with Crippen molar-refractivity contribution in [2.45, 2.75) is 89.8 Å². The second kappa shape index (κ2) is 10.5. The Balaban J connectivity index is 1.60. The molecule has 29 heavy (non-hydrogen) atoms. The van der Waals surface area contributed by atoms with Gasteiger partial charge in [0, 0.05) is 5.92 Å². The van der Waals surface area contributed by atoms with Crippen LogP contribution in [0, 0.1) is 35.3 Å². The van der Waals surface area contributed by atoms with E-state index in [1.165, 1.54) is 25.0 Å². The zero-order valence-electron chi connectivity index (χ0n) is 17.0. The van der Waals surface area contributed by atoms with Crippen LogP contribution in [-0.4, -0.2) is 12.7 Å². The molecule has 0 radical (unpaired) electrons. The average molecular weight is 410 g/mol. The topological polar surface area (TPSA) is 9.23 Å². The molecule has 160 valence electrons. The highest BCUT2D eigenvalue weighted by Gasteiger charge is 2.25. The van der Waals surface area contributed by atoms with Gasteiger partial charge in [-0.15, -0.1) is 0 Å². The molecular formula is C24H30F4O. The molecule has 0 atom stereocenters. The fourth-order valence-corrected chi connectivity index (χ4v) is 4.80. The maximum Gasteiger partial charge on any atom is 0.345 e. The molecule has 0 saturated heterocycles. The van der Waals surface area contributed by atoms with Crippen molar-refractivity contribution < 1.29 is 22.3 Å². The van der Waals surface area contributed by atoms with Crippen LogP contribution in [0.1, 0.15) is 88.2 Å². The smallest absolute Gasteiger partial charge is 0.320 e. The van der Waals surface area contributed by atoms with Crippen molar-refractivity contribution in [2.24, 2.45) is 11.8 Å². The lowest BCUT2D eigenvalue weighted by Crippen LogP contribution is -2.23. The molecular weight excluding hydrogens is 380 g/mol. The zero-order chi connectivity index (χ0) is 20.8. The molecule has 0 unspecified atom stereocenters. The van der Waals surface area contributed by atoms with E-state index in [-0.39, 0.29) is 17.4 Å². The van der Waals surface area contributed by atoms with E-state index in [2.05, 4.69) is 23.5 Å². The van der Waals surface area contributed by atoms with Gasteiger partial charge < -0.3 is 4.74 Å². The number of ether oxygens (including phenoxy) is 1. The molecule has 1 aromatic rings. The van der Waals surface area contributed by atoms with Gasteiger partial charge in [0.15, 0.2) is 0 Å². The molecule has 0 aromatic heterocycles. The predicted molar refractivity (Wildman–Crippen MR) is 106 cm³/mol. The van der Waals surface area contributed by atoms with E-state index in [1.54, 1.807) is 0 Å². The summed E-state index contributed by atoms with van der Waals surface area (Å²) in [6.45, 7) is -0.564. The summed E-state index contributed by atoms with van der Waals surface area (Å²) < 4.78 is 58.2. The summed E-state index contributed by atoms with van der Waals surface area (Å²) in [5, 5.41) is 0. The lowest BCUT2D eigenvalue weighted by Gasteiger charge is -2.28. The Morgan fingerprint density at radius 3 is 2.14 bits per heavy atom. The first-order chi connectivity index (χ1) is 14.0. The maximum absolute atomic E-state index is 14.6. The predicted octanol–water partition coefficient (Wildman–Crippen LogP) is 7.19. The summed E-state index contributed by atoms with van der Waals surface area (Å²) in [7, 11) is 0. The number of alkyl halides is 2. The van der Waals surface area contributed by atoms with Crippen molar-refractivity contribution in [2.75, 3.05) is 0 Å². The van der Waals surface area contributed by atoms with Gasteiger partial charge in [0.05, 0.1) is 11.7 Å². The second-order valence-corrected chi connectivity index (χ2v) is 8.51. The van der Waals surface area contributed by atoms with Crippen LogP contribution in [0.2, 0.25) is 0 Å². The first-order valence-corrected chi connectivity index (χ1v) is 10.9. The fraction of sp³-hybridized carbons (Fsp3) is 0.667. The van der Waals surface area contributed by atoms with Gasteiger partial charge >= 0.3 is 6.61 Å². The molecule has 2 aliphatic carbocycles. The fourth-order valence-electron chi connectivity index (χ4n) is 4.80. The minimum absolute atomic E-state index is 0.0418. The van der Waals surface area contributed by atoms with Crippen molar-refractivity contribution >= 4 is 0 Å². The number of rotatable bonds is 5. The minimum Gasteiger partial charge on any atom is -0.320 e. The largest absolute Gasteiger partial charge is 0.345 e. The van der Waals surface area contributed by atoms with Crippen molar-refractivity contribution in [1.82, 2.24) is 0 Å². The van der Waals surface area contributed by atoms with Crippen molar-refractivity contribution in [3.63, 3.8) is 0 Å². The van der Waals surface area contributed by atoms with Gasteiger partial charge in [0.1, 0.15) is 11.6 Å². The number of hydrogen-bond acceptors (Lipinski definition) is 1. The Bertz CT molecular complexity index is 697. The standard InChI is InChI=1S/C24H30F4O/c1-2-3-16-4-9-18(10-5-16)19-14-22(25)21(23(26)15-19)13-8-17-6-11-20(12-7-17)29-24(27)28/h14-18,20,24H,2-7,9-12H2,1H3. The molecule has 2 fully saturated rings. The first-order valence-electron chi connectivity index (χ1n) is 10.9. The molecule has 5 heteroatoms. The van der Waals surface area contributed by atoms with E-state index in [1.807, 2.05) is 0 Å². The normalized spacial score (nSPS) is 27.5. The highest BCUT2D eigenvalue weighted by atomic mass is 19.3. The quantitative estimate of drug-likeness (QED) is 0.369. The minimum atomic E-state index is -2.76. The van der Waals surface area contributed by atoms with E-state index in [9.17, 15) is 17.6 Å². The summed E-state index contributed by atoms with van der Waals surface area (Å²) in [6.07, 6.45) is 8.39. The molecule has 0 spiro atoms. The van der Waals surface area contributed by atoms with Gasteiger partial charge in [-0.25, -0.2) is 8.78 Å². The van der Waals surface area contributed by atoms with E-state index in [0.29, 0.717) is 25.7 Å². The second-order valence-electron chi connectivity index (χ2n) is 8.51.